The summed E-state index contributed by atoms with van der Waals surface area (Å²) in [5.41, 5.74) is 0. The van der Waals surface area contributed by atoms with Gasteiger partial charge in [-0.25, -0.2) is 4.98 Å². The molecule has 0 radical (unpaired) electrons. The molecule has 86 valence electrons. The molecular formula is C12H18N3O+. The first kappa shape index (κ1) is 11.0. The summed E-state index contributed by atoms with van der Waals surface area (Å²) in [4.78, 5) is 4.01. The van der Waals surface area contributed by atoms with Crippen LogP contribution in [0.15, 0.2) is 35.3 Å². The van der Waals surface area contributed by atoms with Gasteiger partial charge in [0.2, 0.25) is 0 Å². The van der Waals surface area contributed by atoms with Crippen molar-refractivity contribution in [3.63, 3.8) is 0 Å². The number of rotatable bonds is 6. The second kappa shape index (κ2) is 5.51. The number of furan rings is 1. The highest BCUT2D eigenvalue weighted by atomic mass is 16.3. The van der Waals surface area contributed by atoms with Gasteiger partial charge in [-0.15, -0.1) is 0 Å². The zero-order chi connectivity index (χ0) is 11.2. The molecule has 4 nitrogen and oxygen atoms in total. The summed E-state index contributed by atoms with van der Waals surface area (Å²) in [5.74, 6) is 2.04. The molecule has 0 saturated heterocycles. The molecule has 0 fully saturated rings. The van der Waals surface area contributed by atoms with Crippen molar-refractivity contribution >= 4 is 0 Å². The van der Waals surface area contributed by atoms with Gasteiger partial charge in [-0.2, -0.15) is 0 Å². The van der Waals surface area contributed by atoms with Crippen LogP contribution >= 0.6 is 0 Å². The van der Waals surface area contributed by atoms with Gasteiger partial charge in [0.15, 0.2) is 5.76 Å². The largest absolute Gasteiger partial charge is 0.460 e. The van der Waals surface area contributed by atoms with Gasteiger partial charge >= 0.3 is 0 Å². The van der Waals surface area contributed by atoms with E-state index in [4.69, 9.17) is 4.42 Å². The second-order valence-corrected chi connectivity index (χ2v) is 3.95. The lowest BCUT2D eigenvalue weighted by atomic mass is 10.4. The molecule has 0 aromatic carbocycles. The third kappa shape index (κ3) is 3.24. The Hall–Kier alpha value is -1.55. The molecule has 0 aliphatic heterocycles. The minimum Gasteiger partial charge on any atom is -0.460 e. The highest BCUT2D eigenvalue weighted by Crippen LogP contribution is 2.03. The van der Waals surface area contributed by atoms with Crippen LogP contribution in [0.3, 0.4) is 0 Å². The van der Waals surface area contributed by atoms with Gasteiger partial charge in [-0.1, -0.05) is 0 Å². The maximum atomic E-state index is 5.49. The Bertz CT molecular complexity index is 406. The van der Waals surface area contributed by atoms with E-state index in [0.29, 0.717) is 0 Å². The minimum atomic E-state index is 0.928. The number of hydrogen-bond acceptors (Lipinski definition) is 2. The highest BCUT2D eigenvalue weighted by Gasteiger charge is 2.00. The number of nitrogens with two attached hydrogens (primary N) is 1. The van der Waals surface area contributed by atoms with Gasteiger partial charge in [0.1, 0.15) is 12.3 Å². The van der Waals surface area contributed by atoms with Crippen LogP contribution in [0.4, 0.5) is 0 Å². The number of hydrogen-bond donors (Lipinski definition) is 1. The first-order valence-corrected chi connectivity index (χ1v) is 5.67. The van der Waals surface area contributed by atoms with Crippen LogP contribution in [-0.2, 0) is 13.1 Å². The Morgan fingerprint density at radius 1 is 1.44 bits per heavy atom. The minimum absolute atomic E-state index is 0.928. The summed E-state index contributed by atoms with van der Waals surface area (Å²) in [6, 6.07) is 4.05. The molecule has 16 heavy (non-hydrogen) atoms. The molecule has 0 atom stereocenters. The lowest BCUT2D eigenvalue weighted by Gasteiger charge is -2.01. The van der Waals surface area contributed by atoms with E-state index >= 15 is 0 Å². The average molecular weight is 220 g/mol. The Morgan fingerprint density at radius 2 is 2.38 bits per heavy atom. The van der Waals surface area contributed by atoms with Crippen molar-refractivity contribution in [2.24, 2.45) is 0 Å². The zero-order valence-corrected chi connectivity index (χ0v) is 9.60. The Kier molecular flexibility index (Phi) is 3.77. The summed E-state index contributed by atoms with van der Waals surface area (Å²) in [7, 11) is 0. The van der Waals surface area contributed by atoms with Gasteiger partial charge in [-0.05, 0) is 19.1 Å². The molecular weight excluding hydrogens is 202 g/mol. The quantitative estimate of drug-likeness (QED) is 0.736. The standard InChI is InChI=1S/C12H17N3O/c1-11-3-4-12(16-11)9-13-5-2-7-15-8-6-14-10-15/h3-4,6,8,10,13H,2,5,7,9H2,1H3/p+1. The summed E-state index contributed by atoms with van der Waals surface area (Å²) in [6.07, 6.45) is 6.82. The summed E-state index contributed by atoms with van der Waals surface area (Å²) >= 11 is 0. The molecule has 0 saturated carbocycles. The fourth-order valence-corrected chi connectivity index (χ4v) is 1.68. The lowest BCUT2D eigenvalue weighted by molar-refractivity contribution is -0.672. The monoisotopic (exact) mass is 220 g/mol. The fraction of sp³-hybridized carbons (Fsp3) is 0.417. The van der Waals surface area contributed by atoms with Crippen LogP contribution in [-0.4, -0.2) is 16.1 Å². The predicted molar refractivity (Wildman–Crippen MR) is 60.8 cm³/mol. The first-order chi connectivity index (χ1) is 7.84. The Labute approximate surface area is 95.3 Å². The van der Waals surface area contributed by atoms with Crippen LogP contribution in [0.1, 0.15) is 17.9 Å². The van der Waals surface area contributed by atoms with Gasteiger partial charge < -0.3 is 14.3 Å². The molecule has 0 bridgehead atoms. The van der Waals surface area contributed by atoms with E-state index in [1.54, 1.807) is 0 Å². The van der Waals surface area contributed by atoms with Crippen molar-refractivity contribution in [1.29, 1.82) is 0 Å². The summed E-state index contributed by atoms with van der Waals surface area (Å²) < 4.78 is 7.59. The van der Waals surface area contributed by atoms with E-state index in [0.717, 1.165) is 37.6 Å². The Morgan fingerprint density at radius 3 is 3.06 bits per heavy atom. The van der Waals surface area contributed by atoms with Crippen LogP contribution in [0.25, 0.3) is 0 Å². The van der Waals surface area contributed by atoms with Crippen molar-refractivity contribution in [2.75, 3.05) is 6.54 Å². The molecule has 2 rings (SSSR count). The number of quaternary nitrogens is 1. The normalized spacial score (nSPS) is 10.8. The molecule has 0 aliphatic carbocycles. The number of aryl methyl sites for hydroxylation is 2. The Balaban J connectivity index is 1.59. The van der Waals surface area contributed by atoms with E-state index in [1.165, 1.54) is 0 Å². The lowest BCUT2D eigenvalue weighted by Crippen LogP contribution is -2.82. The van der Waals surface area contributed by atoms with Gasteiger partial charge in [0.25, 0.3) is 0 Å². The second-order valence-electron chi connectivity index (χ2n) is 3.95. The summed E-state index contributed by atoms with van der Waals surface area (Å²) in [6.45, 7) is 5.05. The molecule has 2 heterocycles. The van der Waals surface area contributed by atoms with E-state index in [9.17, 15) is 0 Å². The van der Waals surface area contributed by atoms with Gasteiger partial charge in [0, 0.05) is 25.4 Å². The fourth-order valence-electron chi connectivity index (χ4n) is 1.68. The molecule has 0 spiro atoms. The topological polar surface area (TPSA) is 47.6 Å². The van der Waals surface area contributed by atoms with E-state index in [1.807, 2.05) is 37.8 Å². The maximum Gasteiger partial charge on any atom is 0.158 e. The smallest absolute Gasteiger partial charge is 0.158 e. The van der Waals surface area contributed by atoms with Crippen LogP contribution < -0.4 is 5.32 Å². The third-order valence-corrected chi connectivity index (χ3v) is 2.53. The van der Waals surface area contributed by atoms with Crippen LogP contribution in [0.5, 0.6) is 0 Å². The van der Waals surface area contributed by atoms with E-state index < -0.39 is 0 Å². The van der Waals surface area contributed by atoms with E-state index in [2.05, 4.69) is 14.9 Å². The number of imidazole rings is 1. The van der Waals surface area contributed by atoms with E-state index in [-0.39, 0.29) is 0 Å². The zero-order valence-electron chi connectivity index (χ0n) is 9.60. The number of aromatic nitrogens is 2. The van der Waals surface area contributed by atoms with Crippen LogP contribution in [0.2, 0.25) is 0 Å². The van der Waals surface area contributed by atoms with Crippen molar-refractivity contribution in [1.82, 2.24) is 9.55 Å². The molecule has 0 amide bonds. The predicted octanol–water partition coefficient (Wildman–Crippen LogP) is 0.938. The molecule has 0 aliphatic rings. The maximum absolute atomic E-state index is 5.49. The average Bonchev–Trinajstić information content (AvgIpc) is 2.89. The van der Waals surface area contributed by atoms with Crippen LogP contribution in [0, 0.1) is 6.92 Å². The number of nitrogens with zero attached hydrogens (tertiary/aromatic N) is 2. The van der Waals surface area contributed by atoms with Crippen molar-refractivity contribution < 1.29 is 9.73 Å². The molecule has 0 unspecified atom stereocenters. The highest BCUT2D eigenvalue weighted by molar-refractivity contribution is 5.03. The van der Waals surface area contributed by atoms with Gasteiger partial charge in [-0.3, -0.25) is 0 Å². The van der Waals surface area contributed by atoms with Gasteiger partial charge in [0.05, 0.1) is 12.9 Å². The molecule has 2 N–H and O–H groups in total. The molecule has 2 aromatic heterocycles. The first-order valence-electron chi connectivity index (χ1n) is 5.67. The van der Waals surface area contributed by atoms with Crippen molar-refractivity contribution in [3.8, 4) is 0 Å². The SMILES string of the molecule is Cc1ccc(C[NH2+]CCCn2ccnc2)o1. The van der Waals surface area contributed by atoms with Crippen molar-refractivity contribution in [2.45, 2.75) is 26.4 Å². The summed E-state index contributed by atoms with van der Waals surface area (Å²) in [5, 5.41) is 2.27. The van der Waals surface area contributed by atoms with Crippen molar-refractivity contribution in [3.05, 3.63) is 42.4 Å². The molecule has 2 aromatic rings. The molecule has 4 heteroatoms. The third-order valence-electron chi connectivity index (χ3n) is 2.53.